The Morgan fingerprint density at radius 2 is 2.24 bits per heavy atom. The highest BCUT2D eigenvalue weighted by molar-refractivity contribution is 5.97. The van der Waals surface area contributed by atoms with Crippen molar-refractivity contribution in [3.05, 3.63) is 29.8 Å². The molecule has 2 N–H and O–H groups in total. The van der Waals surface area contributed by atoms with Crippen LogP contribution in [0.15, 0.2) is 24.3 Å². The Hall–Kier alpha value is -1.59. The van der Waals surface area contributed by atoms with Gasteiger partial charge < -0.3 is 20.1 Å². The van der Waals surface area contributed by atoms with E-state index >= 15 is 0 Å². The van der Waals surface area contributed by atoms with E-state index in [1.165, 1.54) is 0 Å². The number of para-hydroxylation sites is 1. The third-order valence-corrected chi connectivity index (χ3v) is 4.08. The highest BCUT2D eigenvalue weighted by atomic mass is 16.5. The third kappa shape index (κ3) is 3.36. The summed E-state index contributed by atoms with van der Waals surface area (Å²) in [6, 6.07) is 7.50. The van der Waals surface area contributed by atoms with Crippen LogP contribution in [0.1, 0.15) is 29.6 Å². The molecule has 2 fully saturated rings. The Kier molecular flexibility index (Phi) is 4.41. The Morgan fingerprint density at radius 1 is 1.38 bits per heavy atom. The molecule has 0 aromatic heterocycles. The normalized spacial score (nSPS) is 25.3. The maximum atomic E-state index is 12.6. The van der Waals surface area contributed by atoms with E-state index in [4.69, 9.17) is 15.2 Å². The fourth-order valence-electron chi connectivity index (χ4n) is 2.87. The molecule has 2 atom stereocenters. The summed E-state index contributed by atoms with van der Waals surface area (Å²) in [7, 11) is 0. The summed E-state index contributed by atoms with van der Waals surface area (Å²) in [5.41, 5.74) is 6.49. The highest BCUT2D eigenvalue weighted by Gasteiger charge is 2.26. The number of rotatable bonds is 4. The van der Waals surface area contributed by atoms with Crippen LogP contribution < -0.4 is 10.5 Å². The minimum atomic E-state index is 0.00545. The molecule has 21 heavy (non-hydrogen) atoms. The smallest absolute Gasteiger partial charge is 0.257 e. The minimum Gasteiger partial charge on any atom is -0.490 e. The van der Waals surface area contributed by atoms with Crippen molar-refractivity contribution in [2.24, 2.45) is 5.73 Å². The second-order valence-corrected chi connectivity index (χ2v) is 5.74. The molecule has 2 aliphatic rings. The number of benzene rings is 1. The number of hydrogen-bond donors (Lipinski definition) is 1. The summed E-state index contributed by atoms with van der Waals surface area (Å²) < 4.78 is 11.4. The summed E-state index contributed by atoms with van der Waals surface area (Å²) in [4.78, 5) is 14.4. The van der Waals surface area contributed by atoms with Crippen molar-refractivity contribution in [2.75, 3.05) is 26.3 Å². The van der Waals surface area contributed by atoms with Crippen LogP contribution in [0.25, 0.3) is 0 Å². The summed E-state index contributed by atoms with van der Waals surface area (Å²) >= 11 is 0. The van der Waals surface area contributed by atoms with E-state index in [1.54, 1.807) is 4.90 Å². The molecule has 5 nitrogen and oxygen atoms in total. The van der Waals surface area contributed by atoms with Gasteiger partial charge in [-0.05, 0) is 31.4 Å². The number of ether oxygens (including phenoxy) is 2. The van der Waals surface area contributed by atoms with Gasteiger partial charge in [-0.15, -0.1) is 0 Å². The first-order valence-electron chi connectivity index (χ1n) is 7.62. The first-order chi connectivity index (χ1) is 10.2. The summed E-state index contributed by atoms with van der Waals surface area (Å²) in [5.74, 6) is 0.643. The molecule has 5 heteroatoms. The van der Waals surface area contributed by atoms with Crippen molar-refractivity contribution in [3.63, 3.8) is 0 Å². The summed E-state index contributed by atoms with van der Waals surface area (Å²) in [5, 5.41) is 0. The molecule has 114 valence electrons. The van der Waals surface area contributed by atoms with Gasteiger partial charge in [0.25, 0.3) is 5.91 Å². The lowest BCUT2D eigenvalue weighted by Gasteiger charge is -2.19. The molecule has 2 saturated heterocycles. The van der Waals surface area contributed by atoms with E-state index < -0.39 is 0 Å². The van der Waals surface area contributed by atoms with Crippen LogP contribution in [0, 0.1) is 0 Å². The lowest BCUT2D eigenvalue weighted by Crippen LogP contribution is -2.32. The van der Waals surface area contributed by atoms with Crippen LogP contribution in [0.5, 0.6) is 5.75 Å². The minimum absolute atomic E-state index is 0.00545. The number of carbonyl (C=O) groups is 1. The van der Waals surface area contributed by atoms with Crippen LogP contribution in [0.4, 0.5) is 0 Å². The Balaban J connectivity index is 1.68. The van der Waals surface area contributed by atoms with Crippen molar-refractivity contribution in [3.8, 4) is 5.75 Å². The van der Waals surface area contributed by atoms with Crippen molar-refractivity contribution >= 4 is 5.91 Å². The highest BCUT2D eigenvalue weighted by Crippen LogP contribution is 2.23. The van der Waals surface area contributed by atoms with Crippen LogP contribution in [0.2, 0.25) is 0 Å². The molecule has 0 spiro atoms. The molecule has 0 unspecified atom stereocenters. The van der Waals surface area contributed by atoms with Crippen molar-refractivity contribution < 1.29 is 14.3 Å². The zero-order valence-corrected chi connectivity index (χ0v) is 12.2. The molecule has 0 aliphatic carbocycles. The van der Waals surface area contributed by atoms with Gasteiger partial charge in [0, 0.05) is 25.7 Å². The molecule has 2 aliphatic heterocycles. The number of hydrogen-bond acceptors (Lipinski definition) is 4. The van der Waals surface area contributed by atoms with Gasteiger partial charge in [-0.1, -0.05) is 12.1 Å². The van der Waals surface area contributed by atoms with E-state index in [9.17, 15) is 4.79 Å². The Morgan fingerprint density at radius 3 is 2.95 bits per heavy atom. The van der Waals surface area contributed by atoms with Gasteiger partial charge >= 0.3 is 0 Å². The van der Waals surface area contributed by atoms with E-state index in [-0.39, 0.29) is 18.1 Å². The zero-order valence-electron chi connectivity index (χ0n) is 12.2. The van der Waals surface area contributed by atoms with Gasteiger partial charge in [0.05, 0.1) is 11.7 Å². The lowest BCUT2D eigenvalue weighted by molar-refractivity contribution is 0.0657. The molecule has 1 amide bonds. The van der Waals surface area contributed by atoms with E-state index in [0.717, 1.165) is 32.4 Å². The number of nitrogens with zero attached hydrogens (tertiary/aromatic N) is 1. The number of nitrogens with two attached hydrogens (primary N) is 1. The van der Waals surface area contributed by atoms with Gasteiger partial charge in [0.15, 0.2) is 0 Å². The summed E-state index contributed by atoms with van der Waals surface area (Å²) in [6.45, 7) is 2.66. The average Bonchev–Trinajstić information content (AvgIpc) is 3.16. The standard InChI is InChI=1S/C16H22N2O3/c17-12-7-8-18(10-12)16(19)14-5-1-2-6-15(14)21-11-13-4-3-9-20-13/h1-2,5-6,12-13H,3-4,7-11,17H2/t12-,13-/m0/s1. The maximum Gasteiger partial charge on any atom is 0.257 e. The Labute approximate surface area is 125 Å². The van der Waals surface area contributed by atoms with Gasteiger partial charge in [-0.25, -0.2) is 0 Å². The number of carbonyl (C=O) groups excluding carboxylic acids is 1. The van der Waals surface area contributed by atoms with Gasteiger partial charge in [-0.2, -0.15) is 0 Å². The molecule has 0 radical (unpaired) electrons. The SMILES string of the molecule is N[C@H]1CCN(C(=O)c2ccccc2OC[C@@H]2CCCO2)C1. The molecular weight excluding hydrogens is 268 g/mol. The first kappa shape index (κ1) is 14.4. The summed E-state index contributed by atoms with van der Waals surface area (Å²) in [6.07, 6.45) is 3.12. The van der Waals surface area contributed by atoms with Gasteiger partial charge in [-0.3, -0.25) is 4.79 Å². The largest absolute Gasteiger partial charge is 0.490 e. The molecule has 0 saturated carbocycles. The molecule has 1 aromatic carbocycles. The van der Waals surface area contributed by atoms with Gasteiger partial charge in [0.1, 0.15) is 12.4 Å². The van der Waals surface area contributed by atoms with Crippen LogP contribution in [-0.2, 0) is 4.74 Å². The van der Waals surface area contributed by atoms with Crippen molar-refractivity contribution in [1.29, 1.82) is 0 Å². The molecule has 2 heterocycles. The topological polar surface area (TPSA) is 64.8 Å². The molecule has 0 bridgehead atoms. The van der Waals surface area contributed by atoms with E-state index in [1.807, 2.05) is 24.3 Å². The quantitative estimate of drug-likeness (QED) is 0.911. The van der Waals surface area contributed by atoms with Crippen molar-refractivity contribution in [2.45, 2.75) is 31.4 Å². The average molecular weight is 290 g/mol. The zero-order chi connectivity index (χ0) is 14.7. The predicted molar refractivity (Wildman–Crippen MR) is 79.4 cm³/mol. The van der Waals surface area contributed by atoms with E-state index in [0.29, 0.717) is 24.5 Å². The van der Waals surface area contributed by atoms with Crippen LogP contribution in [0.3, 0.4) is 0 Å². The van der Waals surface area contributed by atoms with Gasteiger partial charge in [0.2, 0.25) is 0 Å². The lowest BCUT2D eigenvalue weighted by atomic mass is 10.1. The number of likely N-dealkylation sites (tertiary alicyclic amines) is 1. The maximum absolute atomic E-state index is 12.6. The molecule has 3 rings (SSSR count). The van der Waals surface area contributed by atoms with Crippen LogP contribution in [-0.4, -0.2) is 49.3 Å². The number of amides is 1. The first-order valence-corrected chi connectivity index (χ1v) is 7.62. The third-order valence-electron chi connectivity index (χ3n) is 4.08. The van der Waals surface area contributed by atoms with Crippen LogP contribution >= 0.6 is 0 Å². The Bertz CT molecular complexity index is 500. The fraction of sp³-hybridized carbons (Fsp3) is 0.562. The predicted octanol–water partition coefficient (Wildman–Crippen LogP) is 1.42. The van der Waals surface area contributed by atoms with Crippen molar-refractivity contribution in [1.82, 2.24) is 4.90 Å². The second kappa shape index (κ2) is 6.45. The molecular formula is C16H22N2O3. The monoisotopic (exact) mass is 290 g/mol. The van der Waals surface area contributed by atoms with E-state index in [2.05, 4.69) is 0 Å². The second-order valence-electron chi connectivity index (χ2n) is 5.74. The fourth-order valence-corrected chi connectivity index (χ4v) is 2.87. The molecule has 1 aromatic rings.